The summed E-state index contributed by atoms with van der Waals surface area (Å²) in [7, 11) is 6.12. The van der Waals surface area contributed by atoms with Crippen LogP contribution in [0.3, 0.4) is 0 Å². The summed E-state index contributed by atoms with van der Waals surface area (Å²) in [5.74, 6) is 1.03. The van der Waals surface area contributed by atoms with Crippen LogP contribution in [0, 0.1) is 0 Å². The van der Waals surface area contributed by atoms with Gasteiger partial charge in [-0.05, 0) is 6.07 Å². The number of carbonyl (C=O) groups excluding carboxylic acids is 1. The molecule has 1 rings (SSSR count). The molecule has 5 heteroatoms. The summed E-state index contributed by atoms with van der Waals surface area (Å²) in [6, 6.07) is 5.42. The zero-order valence-corrected chi connectivity index (χ0v) is 10.5. The first-order chi connectivity index (χ1) is 8.13. The smallest absolute Gasteiger partial charge is 0.250 e. The minimum Gasteiger partial charge on any atom is -0.493 e. The van der Waals surface area contributed by atoms with E-state index in [2.05, 4.69) is 0 Å². The van der Waals surface area contributed by atoms with Crippen LogP contribution in [-0.2, 0) is 16.1 Å². The van der Waals surface area contributed by atoms with Gasteiger partial charge >= 0.3 is 0 Å². The van der Waals surface area contributed by atoms with Crippen molar-refractivity contribution in [2.75, 3.05) is 28.4 Å². The van der Waals surface area contributed by atoms with Crippen LogP contribution >= 0.6 is 0 Å². The molecule has 0 aliphatic rings. The summed E-state index contributed by atoms with van der Waals surface area (Å²) in [6.07, 6.45) is 0.199. The molecule has 0 heterocycles. The Morgan fingerprint density at radius 3 is 2.47 bits per heavy atom. The molecule has 0 radical (unpaired) electrons. The number of rotatable bonds is 5. The monoisotopic (exact) mass is 239 g/mol. The summed E-state index contributed by atoms with van der Waals surface area (Å²) in [4.78, 5) is 16.5. The lowest BCUT2D eigenvalue weighted by Crippen LogP contribution is -2.27. The Hall–Kier alpha value is -1.75. The van der Waals surface area contributed by atoms with Crippen molar-refractivity contribution >= 4 is 5.91 Å². The van der Waals surface area contributed by atoms with Crippen LogP contribution in [0.5, 0.6) is 11.5 Å². The highest BCUT2D eigenvalue weighted by molar-refractivity contribution is 5.78. The van der Waals surface area contributed by atoms with Gasteiger partial charge < -0.3 is 9.47 Å². The van der Waals surface area contributed by atoms with Crippen LogP contribution < -0.4 is 9.47 Å². The molecule has 0 aliphatic heterocycles. The highest BCUT2D eigenvalue weighted by atomic mass is 16.7. The molecule has 0 aliphatic carbocycles. The second-order valence-corrected chi connectivity index (χ2v) is 3.40. The van der Waals surface area contributed by atoms with E-state index < -0.39 is 0 Å². The molecule has 0 unspecified atom stereocenters. The molecule has 1 aromatic carbocycles. The molecule has 0 saturated heterocycles. The van der Waals surface area contributed by atoms with Crippen LogP contribution in [0.1, 0.15) is 5.56 Å². The number of hydrogen-bond donors (Lipinski definition) is 0. The summed E-state index contributed by atoms with van der Waals surface area (Å²) >= 11 is 0. The van der Waals surface area contributed by atoms with Gasteiger partial charge in [-0.15, -0.1) is 0 Å². The average molecular weight is 239 g/mol. The van der Waals surface area contributed by atoms with Crippen LogP contribution in [0.25, 0.3) is 0 Å². The summed E-state index contributed by atoms with van der Waals surface area (Å²) in [6.45, 7) is 0. The molecule has 0 aromatic heterocycles. The zero-order chi connectivity index (χ0) is 12.8. The Bertz CT molecular complexity index is 392. The van der Waals surface area contributed by atoms with Crippen LogP contribution in [0.4, 0.5) is 0 Å². The van der Waals surface area contributed by atoms with E-state index >= 15 is 0 Å². The molecule has 0 saturated carbocycles. The Kier molecular flexibility index (Phi) is 4.78. The fourth-order valence-electron chi connectivity index (χ4n) is 1.47. The number of hydroxylamine groups is 2. The minimum atomic E-state index is -0.154. The third-order valence-corrected chi connectivity index (χ3v) is 2.45. The number of hydrogen-bond acceptors (Lipinski definition) is 4. The number of benzene rings is 1. The Balaban J connectivity index is 2.94. The van der Waals surface area contributed by atoms with Crippen LogP contribution in [-0.4, -0.2) is 39.3 Å². The maximum Gasteiger partial charge on any atom is 0.250 e. The van der Waals surface area contributed by atoms with Crippen molar-refractivity contribution in [3.8, 4) is 11.5 Å². The molecule has 0 N–H and O–H groups in total. The fraction of sp³-hybridized carbons (Fsp3) is 0.417. The number of amides is 1. The lowest BCUT2D eigenvalue weighted by Gasteiger charge is -2.16. The Morgan fingerprint density at radius 2 is 1.94 bits per heavy atom. The van der Waals surface area contributed by atoms with Crippen molar-refractivity contribution in [1.29, 1.82) is 0 Å². The number of likely N-dealkylation sites (N-methyl/N-ethyl adjacent to an activating group) is 1. The van der Waals surface area contributed by atoms with E-state index in [-0.39, 0.29) is 12.3 Å². The maximum absolute atomic E-state index is 11.7. The molecule has 0 spiro atoms. The van der Waals surface area contributed by atoms with E-state index in [1.165, 1.54) is 12.2 Å². The normalized spacial score (nSPS) is 9.88. The Morgan fingerprint density at radius 1 is 1.24 bits per heavy atom. The van der Waals surface area contributed by atoms with E-state index in [1.807, 2.05) is 12.1 Å². The first-order valence-electron chi connectivity index (χ1n) is 5.14. The summed E-state index contributed by atoms with van der Waals surface area (Å²) in [5, 5.41) is 1.18. The summed E-state index contributed by atoms with van der Waals surface area (Å²) < 4.78 is 10.4. The molecule has 1 amide bonds. The lowest BCUT2D eigenvalue weighted by atomic mass is 10.1. The molecule has 17 heavy (non-hydrogen) atoms. The third kappa shape index (κ3) is 3.10. The molecule has 0 atom stereocenters. The van der Waals surface area contributed by atoms with Gasteiger partial charge in [0.05, 0.1) is 27.8 Å². The van der Waals surface area contributed by atoms with Gasteiger partial charge in [-0.25, -0.2) is 5.06 Å². The van der Waals surface area contributed by atoms with E-state index in [0.717, 1.165) is 5.56 Å². The zero-order valence-electron chi connectivity index (χ0n) is 10.5. The number of nitrogens with zero attached hydrogens (tertiary/aromatic N) is 1. The molecular formula is C12H17NO4. The van der Waals surface area contributed by atoms with Crippen molar-refractivity contribution in [2.24, 2.45) is 0 Å². The van der Waals surface area contributed by atoms with Gasteiger partial charge in [0.1, 0.15) is 0 Å². The molecule has 0 fully saturated rings. The molecular weight excluding hydrogens is 222 g/mol. The number of ether oxygens (including phenoxy) is 2. The van der Waals surface area contributed by atoms with Gasteiger partial charge in [0.25, 0.3) is 0 Å². The van der Waals surface area contributed by atoms with Crippen LogP contribution in [0.2, 0.25) is 0 Å². The van der Waals surface area contributed by atoms with E-state index in [9.17, 15) is 4.79 Å². The van der Waals surface area contributed by atoms with Crippen molar-refractivity contribution in [3.63, 3.8) is 0 Å². The standard InChI is InChI=1S/C12H17NO4/c1-13(17-4)11(14)8-9-6-5-7-10(15-2)12(9)16-3/h5-7H,8H2,1-4H3. The van der Waals surface area contributed by atoms with Gasteiger partial charge in [0.2, 0.25) is 5.91 Å². The Labute approximate surface area is 101 Å². The molecule has 1 aromatic rings. The van der Waals surface area contributed by atoms with Crippen LogP contribution in [0.15, 0.2) is 18.2 Å². The predicted molar refractivity (Wildman–Crippen MR) is 63.0 cm³/mol. The topological polar surface area (TPSA) is 48.0 Å². The van der Waals surface area contributed by atoms with Crippen molar-refractivity contribution in [2.45, 2.75) is 6.42 Å². The molecule has 5 nitrogen and oxygen atoms in total. The van der Waals surface area contributed by atoms with Gasteiger partial charge in [0.15, 0.2) is 11.5 Å². The number of para-hydroxylation sites is 1. The number of methoxy groups -OCH3 is 2. The van der Waals surface area contributed by atoms with Gasteiger partial charge in [0, 0.05) is 12.6 Å². The second-order valence-electron chi connectivity index (χ2n) is 3.40. The summed E-state index contributed by atoms with van der Waals surface area (Å²) in [5.41, 5.74) is 0.765. The lowest BCUT2D eigenvalue weighted by molar-refractivity contribution is -0.167. The maximum atomic E-state index is 11.7. The largest absolute Gasteiger partial charge is 0.493 e. The molecule has 0 bridgehead atoms. The van der Waals surface area contributed by atoms with Gasteiger partial charge in [-0.3, -0.25) is 9.63 Å². The fourth-order valence-corrected chi connectivity index (χ4v) is 1.47. The van der Waals surface area contributed by atoms with Gasteiger partial charge in [-0.2, -0.15) is 0 Å². The highest BCUT2D eigenvalue weighted by Crippen LogP contribution is 2.31. The molecule has 94 valence electrons. The van der Waals surface area contributed by atoms with E-state index in [0.29, 0.717) is 11.5 Å². The average Bonchev–Trinajstić information content (AvgIpc) is 2.37. The minimum absolute atomic E-state index is 0.154. The SMILES string of the molecule is COc1cccc(CC(=O)N(C)OC)c1OC. The first kappa shape index (κ1) is 13.3. The second kappa shape index (κ2) is 6.10. The third-order valence-electron chi connectivity index (χ3n) is 2.45. The van der Waals surface area contributed by atoms with E-state index in [4.69, 9.17) is 14.3 Å². The highest BCUT2D eigenvalue weighted by Gasteiger charge is 2.15. The van der Waals surface area contributed by atoms with Crippen molar-refractivity contribution in [3.05, 3.63) is 23.8 Å². The van der Waals surface area contributed by atoms with Gasteiger partial charge in [-0.1, -0.05) is 12.1 Å². The number of carbonyl (C=O) groups is 1. The van der Waals surface area contributed by atoms with Crippen molar-refractivity contribution in [1.82, 2.24) is 5.06 Å². The van der Waals surface area contributed by atoms with Crippen molar-refractivity contribution < 1.29 is 19.1 Å². The quantitative estimate of drug-likeness (QED) is 0.726. The van der Waals surface area contributed by atoms with E-state index in [1.54, 1.807) is 27.3 Å². The predicted octanol–water partition coefficient (Wildman–Crippen LogP) is 1.27. The first-order valence-corrected chi connectivity index (χ1v) is 5.14.